The lowest BCUT2D eigenvalue weighted by atomic mass is 10.0. The van der Waals surface area contributed by atoms with E-state index < -0.39 is 16.1 Å². The van der Waals surface area contributed by atoms with Gasteiger partial charge < -0.3 is 15.0 Å². The van der Waals surface area contributed by atoms with Crippen molar-refractivity contribution >= 4 is 21.8 Å². The van der Waals surface area contributed by atoms with Crippen LogP contribution in [-0.2, 0) is 32.6 Å². The highest BCUT2D eigenvalue weighted by molar-refractivity contribution is 7.89. The van der Waals surface area contributed by atoms with E-state index in [1.165, 1.54) is 0 Å². The van der Waals surface area contributed by atoms with Crippen molar-refractivity contribution in [3.8, 4) is 5.75 Å². The Bertz CT molecular complexity index is 1420. The molecule has 0 aromatic heterocycles. The Hall–Kier alpha value is -3.69. The van der Waals surface area contributed by atoms with Gasteiger partial charge in [-0.3, -0.25) is 9.59 Å². The Morgan fingerprint density at radius 1 is 0.929 bits per heavy atom. The van der Waals surface area contributed by atoms with E-state index in [1.807, 2.05) is 54.6 Å². The molecule has 0 bridgehead atoms. The van der Waals surface area contributed by atoms with Crippen molar-refractivity contribution in [2.45, 2.75) is 69.5 Å². The summed E-state index contributed by atoms with van der Waals surface area (Å²) < 4.78 is 33.0. The van der Waals surface area contributed by atoms with Crippen LogP contribution in [-0.4, -0.2) is 44.8 Å². The maximum absolute atomic E-state index is 13.9. The fourth-order valence-electron chi connectivity index (χ4n) is 4.66. The quantitative estimate of drug-likeness (QED) is 0.259. The lowest BCUT2D eigenvalue weighted by Crippen LogP contribution is -2.43. The maximum Gasteiger partial charge on any atom is 0.247 e. The molecular formula is C33H41N3O5S. The number of methoxy groups -OCH3 is 1. The van der Waals surface area contributed by atoms with Crippen LogP contribution in [0.15, 0.2) is 83.8 Å². The Labute approximate surface area is 249 Å². The summed E-state index contributed by atoms with van der Waals surface area (Å²) in [4.78, 5) is 29.4. The van der Waals surface area contributed by atoms with Crippen LogP contribution < -0.4 is 14.8 Å². The number of nitrogens with zero attached hydrogens (tertiary/aromatic N) is 1. The molecule has 224 valence electrons. The van der Waals surface area contributed by atoms with Gasteiger partial charge >= 0.3 is 0 Å². The predicted molar refractivity (Wildman–Crippen MR) is 163 cm³/mol. The standard InChI is InChI=1S/C33H41N3O5S/c1-24(2)21-22-34-33(38)32(27-7-5-4-6-8-27)36(23-26-9-16-29(41-3)17-10-26)31(37)20-13-25-11-18-30(19-12-25)42(39,40)35-28-14-15-28/h4-12,16-19,24,28,32,35H,13-15,20-23H2,1-3H3,(H,34,38)/t32-/m1/s1. The predicted octanol–water partition coefficient (Wildman–Crippen LogP) is 5.00. The Balaban J connectivity index is 1.55. The van der Waals surface area contributed by atoms with Gasteiger partial charge in [-0.2, -0.15) is 0 Å². The zero-order chi connectivity index (χ0) is 30.1. The highest BCUT2D eigenvalue weighted by Crippen LogP contribution is 2.26. The third kappa shape index (κ3) is 8.90. The van der Waals surface area contributed by atoms with Gasteiger partial charge in [0, 0.05) is 25.6 Å². The largest absolute Gasteiger partial charge is 0.497 e. The molecule has 1 aliphatic rings. The molecule has 0 unspecified atom stereocenters. The number of hydrogen-bond acceptors (Lipinski definition) is 5. The number of aryl methyl sites for hydroxylation is 1. The van der Waals surface area contributed by atoms with Gasteiger partial charge in [0.25, 0.3) is 0 Å². The molecule has 2 N–H and O–H groups in total. The van der Waals surface area contributed by atoms with Crippen LogP contribution in [0.5, 0.6) is 5.75 Å². The van der Waals surface area contributed by atoms with E-state index in [1.54, 1.807) is 36.3 Å². The summed E-state index contributed by atoms with van der Waals surface area (Å²) in [6, 6.07) is 22.7. The summed E-state index contributed by atoms with van der Waals surface area (Å²) in [6.45, 7) is 4.97. The van der Waals surface area contributed by atoms with Crippen molar-refractivity contribution in [2.75, 3.05) is 13.7 Å². The number of sulfonamides is 1. The van der Waals surface area contributed by atoms with Crippen LogP contribution in [0, 0.1) is 5.92 Å². The molecule has 3 aromatic carbocycles. The molecule has 1 atom stereocenters. The van der Waals surface area contributed by atoms with Crippen LogP contribution in [0.1, 0.15) is 62.3 Å². The van der Waals surface area contributed by atoms with E-state index >= 15 is 0 Å². The molecule has 0 saturated heterocycles. The number of benzene rings is 3. The smallest absolute Gasteiger partial charge is 0.247 e. The van der Waals surface area contributed by atoms with Crippen LogP contribution in [0.4, 0.5) is 0 Å². The van der Waals surface area contributed by atoms with Gasteiger partial charge in [-0.25, -0.2) is 13.1 Å². The van der Waals surface area contributed by atoms with Gasteiger partial charge in [0.2, 0.25) is 21.8 Å². The maximum atomic E-state index is 13.9. The number of carbonyl (C=O) groups is 2. The fraction of sp³-hybridized carbons (Fsp3) is 0.394. The van der Waals surface area contributed by atoms with Crippen molar-refractivity contribution < 1.29 is 22.7 Å². The first-order valence-corrected chi connectivity index (χ1v) is 16.0. The lowest BCUT2D eigenvalue weighted by Gasteiger charge is -2.32. The van der Waals surface area contributed by atoms with Gasteiger partial charge in [0.1, 0.15) is 11.8 Å². The first-order valence-electron chi connectivity index (χ1n) is 14.5. The van der Waals surface area contributed by atoms with Crippen molar-refractivity contribution in [1.29, 1.82) is 0 Å². The van der Waals surface area contributed by atoms with E-state index in [0.717, 1.165) is 36.0 Å². The normalized spacial score (nSPS) is 13.9. The summed E-state index contributed by atoms with van der Waals surface area (Å²) in [5.41, 5.74) is 2.45. The van der Waals surface area contributed by atoms with Crippen LogP contribution in [0.2, 0.25) is 0 Å². The third-order valence-corrected chi connectivity index (χ3v) is 8.83. The topological polar surface area (TPSA) is 105 Å². The molecule has 0 radical (unpaired) electrons. The summed E-state index contributed by atoms with van der Waals surface area (Å²) in [5, 5.41) is 3.05. The summed E-state index contributed by atoms with van der Waals surface area (Å²) in [5.74, 6) is 0.746. The zero-order valence-electron chi connectivity index (χ0n) is 24.6. The van der Waals surface area contributed by atoms with E-state index in [9.17, 15) is 18.0 Å². The Morgan fingerprint density at radius 2 is 1.57 bits per heavy atom. The van der Waals surface area contributed by atoms with Crippen molar-refractivity contribution in [3.63, 3.8) is 0 Å². The summed E-state index contributed by atoms with van der Waals surface area (Å²) >= 11 is 0. The second kappa shape index (κ2) is 14.5. The molecule has 0 aliphatic heterocycles. The molecule has 3 aromatic rings. The van der Waals surface area contributed by atoms with Crippen molar-refractivity contribution in [2.24, 2.45) is 5.92 Å². The van der Waals surface area contributed by atoms with Gasteiger partial charge in [-0.1, -0.05) is 68.4 Å². The van der Waals surface area contributed by atoms with Gasteiger partial charge in [-0.05, 0) is 72.6 Å². The van der Waals surface area contributed by atoms with Crippen LogP contribution in [0.3, 0.4) is 0 Å². The van der Waals surface area contributed by atoms with E-state index in [2.05, 4.69) is 23.9 Å². The Kier molecular flexibility index (Phi) is 10.8. The minimum Gasteiger partial charge on any atom is -0.497 e. The van der Waals surface area contributed by atoms with E-state index in [0.29, 0.717) is 24.6 Å². The average molecular weight is 592 g/mol. The molecule has 0 spiro atoms. The van der Waals surface area contributed by atoms with Gasteiger partial charge in [-0.15, -0.1) is 0 Å². The van der Waals surface area contributed by atoms with E-state index in [-0.39, 0.29) is 35.7 Å². The van der Waals surface area contributed by atoms with Gasteiger partial charge in [0.05, 0.1) is 12.0 Å². The van der Waals surface area contributed by atoms with Crippen LogP contribution >= 0.6 is 0 Å². The molecule has 0 heterocycles. The second-order valence-electron chi connectivity index (χ2n) is 11.2. The molecular weight excluding hydrogens is 550 g/mol. The highest BCUT2D eigenvalue weighted by atomic mass is 32.2. The number of hydrogen-bond donors (Lipinski definition) is 2. The van der Waals surface area contributed by atoms with Crippen molar-refractivity contribution in [3.05, 3.63) is 95.6 Å². The number of carbonyl (C=O) groups excluding carboxylic acids is 2. The number of ether oxygens (including phenoxy) is 1. The number of rotatable bonds is 15. The third-order valence-electron chi connectivity index (χ3n) is 7.29. The molecule has 9 heteroatoms. The summed E-state index contributed by atoms with van der Waals surface area (Å²) in [6.07, 6.45) is 3.13. The minimum absolute atomic E-state index is 0.0316. The first kappa shape index (κ1) is 31.3. The molecule has 42 heavy (non-hydrogen) atoms. The molecule has 8 nitrogen and oxygen atoms in total. The number of nitrogens with one attached hydrogen (secondary N) is 2. The number of amides is 2. The van der Waals surface area contributed by atoms with Crippen LogP contribution in [0.25, 0.3) is 0 Å². The van der Waals surface area contributed by atoms with Crippen molar-refractivity contribution in [1.82, 2.24) is 14.9 Å². The fourth-order valence-corrected chi connectivity index (χ4v) is 5.96. The molecule has 2 amide bonds. The lowest BCUT2D eigenvalue weighted by molar-refractivity contribution is -0.141. The second-order valence-corrected chi connectivity index (χ2v) is 12.9. The highest BCUT2D eigenvalue weighted by Gasteiger charge is 2.31. The monoisotopic (exact) mass is 591 g/mol. The average Bonchev–Trinajstić information content (AvgIpc) is 3.80. The van der Waals surface area contributed by atoms with E-state index in [4.69, 9.17) is 4.74 Å². The zero-order valence-corrected chi connectivity index (χ0v) is 25.4. The first-order chi connectivity index (χ1) is 20.2. The Morgan fingerprint density at radius 3 is 2.17 bits per heavy atom. The molecule has 4 rings (SSSR count). The van der Waals surface area contributed by atoms with Gasteiger partial charge in [0.15, 0.2) is 0 Å². The summed E-state index contributed by atoms with van der Waals surface area (Å²) in [7, 11) is -1.94. The SMILES string of the molecule is COc1ccc(CN(C(=O)CCc2ccc(S(=O)(=O)NC3CC3)cc2)[C@@H](C(=O)NCCC(C)C)c2ccccc2)cc1. The molecule has 1 aliphatic carbocycles. The minimum atomic E-state index is -3.54. The molecule has 1 saturated carbocycles. The molecule has 1 fully saturated rings.